The molecule has 1 fully saturated rings. The van der Waals surface area contributed by atoms with Crippen LogP contribution in [0.3, 0.4) is 0 Å². The van der Waals surface area contributed by atoms with Crippen molar-refractivity contribution in [3.63, 3.8) is 0 Å². The minimum absolute atomic E-state index is 0.0274. The number of hydrogen-bond acceptors (Lipinski definition) is 4. The molecule has 26 heavy (non-hydrogen) atoms. The number of ether oxygens (including phenoxy) is 2. The van der Waals surface area contributed by atoms with Crippen LogP contribution in [0.5, 0.6) is 5.75 Å². The fourth-order valence-electron chi connectivity index (χ4n) is 3.25. The molecule has 1 aromatic carbocycles. The molecule has 0 unspecified atom stereocenters. The number of rotatable bonds is 7. The Balaban J connectivity index is 1.71. The first-order valence-corrected chi connectivity index (χ1v) is 9.11. The van der Waals surface area contributed by atoms with E-state index in [0.29, 0.717) is 18.7 Å². The number of nitrogens with zero attached hydrogens (tertiary/aromatic N) is 3. The minimum Gasteiger partial charge on any atom is -0.497 e. The van der Waals surface area contributed by atoms with E-state index in [1.54, 1.807) is 18.0 Å². The minimum atomic E-state index is 0.0274. The van der Waals surface area contributed by atoms with Gasteiger partial charge in [0.25, 0.3) is 5.91 Å². The van der Waals surface area contributed by atoms with E-state index >= 15 is 0 Å². The zero-order chi connectivity index (χ0) is 18.5. The van der Waals surface area contributed by atoms with Crippen molar-refractivity contribution in [3.05, 3.63) is 47.3 Å². The molecule has 6 nitrogen and oxygen atoms in total. The molecule has 0 radical (unpaired) electrons. The standard InChI is InChI=1S/C20H27N3O3/c1-15-19(13-21-22(15)2)20(24)23(14-18-5-4-12-26-18)11-10-16-6-8-17(25-3)9-7-16/h6-9,13,18H,4-5,10-12,14H2,1-3H3/t18-/m1/s1. The highest BCUT2D eigenvalue weighted by Gasteiger charge is 2.25. The van der Waals surface area contributed by atoms with Gasteiger partial charge in [0.05, 0.1) is 25.0 Å². The van der Waals surface area contributed by atoms with E-state index in [1.807, 2.05) is 43.1 Å². The van der Waals surface area contributed by atoms with E-state index in [4.69, 9.17) is 9.47 Å². The Hall–Kier alpha value is -2.34. The average molecular weight is 357 g/mol. The predicted molar refractivity (Wildman–Crippen MR) is 99.5 cm³/mol. The maximum Gasteiger partial charge on any atom is 0.257 e. The second-order valence-corrected chi connectivity index (χ2v) is 6.75. The van der Waals surface area contributed by atoms with Gasteiger partial charge in [-0.25, -0.2) is 0 Å². The number of hydrogen-bond donors (Lipinski definition) is 0. The quantitative estimate of drug-likeness (QED) is 0.764. The first-order valence-electron chi connectivity index (χ1n) is 9.11. The summed E-state index contributed by atoms with van der Waals surface area (Å²) in [4.78, 5) is 15.0. The Bertz CT molecular complexity index is 733. The summed E-state index contributed by atoms with van der Waals surface area (Å²) in [7, 11) is 3.52. The van der Waals surface area contributed by atoms with Gasteiger partial charge in [-0.1, -0.05) is 12.1 Å². The SMILES string of the molecule is COc1ccc(CCN(C[C@H]2CCCO2)C(=O)c2cnn(C)c2C)cc1. The van der Waals surface area contributed by atoms with Crippen molar-refractivity contribution in [3.8, 4) is 5.75 Å². The van der Waals surface area contributed by atoms with Crippen LogP contribution in [0.15, 0.2) is 30.5 Å². The summed E-state index contributed by atoms with van der Waals surface area (Å²) >= 11 is 0. The van der Waals surface area contributed by atoms with Crippen molar-refractivity contribution in [2.45, 2.75) is 32.3 Å². The van der Waals surface area contributed by atoms with Crippen LogP contribution < -0.4 is 4.74 Å². The third-order valence-corrected chi connectivity index (χ3v) is 5.03. The van der Waals surface area contributed by atoms with Gasteiger partial charge in [0, 0.05) is 32.4 Å². The van der Waals surface area contributed by atoms with Crippen LogP contribution in [0, 0.1) is 6.92 Å². The van der Waals surface area contributed by atoms with Crippen LogP contribution >= 0.6 is 0 Å². The topological polar surface area (TPSA) is 56.6 Å². The number of amides is 1. The summed E-state index contributed by atoms with van der Waals surface area (Å²) in [6, 6.07) is 7.99. The molecule has 0 saturated carbocycles. The van der Waals surface area contributed by atoms with Crippen LogP contribution in [0.1, 0.15) is 34.5 Å². The molecule has 1 aromatic heterocycles. The number of aryl methyl sites for hydroxylation is 1. The Morgan fingerprint density at radius 1 is 1.38 bits per heavy atom. The lowest BCUT2D eigenvalue weighted by molar-refractivity contribution is 0.0528. The molecular weight excluding hydrogens is 330 g/mol. The molecular formula is C20H27N3O3. The van der Waals surface area contributed by atoms with Gasteiger partial charge in [-0.05, 0) is 43.9 Å². The fourth-order valence-corrected chi connectivity index (χ4v) is 3.25. The number of carbonyl (C=O) groups excluding carboxylic acids is 1. The van der Waals surface area contributed by atoms with Gasteiger partial charge in [0.1, 0.15) is 5.75 Å². The lowest BCUT2D eigenvalue weighted by atomic mass is 10.1. The summed E-state index contributed by atoms with van der Waals surface area (Å²) in [5, 5.41) is 4.21. The molecule has 6 heteroatoms. The second-order valence-electron chi connectivity index (χ2n) is 6.75. The first kappa shape index (κ1) is 18.5. The van der Waals surface area contributed by atoms with Gasteiger partial charge in [-0.3, -0.25) is 9.48 Å². The summed E-state index contributed by atoms with van der Waals surface area (Å²) < 4.78 is 12.7. The van der Waals surface area contributed by atoms with Crippen LogP contribution in [0.2, 0.25) is 0 Å². The third-order valence-electron chi connectivity index (χ3n) is 5.03. The van der Waals surface area contributed by atoms with Gasteiger partial charge in [0.15, 0.2) is 0 Å². The zero-order valence-electron chi connectivity index (χ0n) is 15.8. The summed E-state index contributed by atoms with van der Waals surface area (Å²) in [6.07, 6.45) is 4.66. The van der Waals surface area contributed by atoms with Crippen molar-refractivity contribution >= 4 is 5.91 Å². The van der Waals surface area contributed by atoms with E-state index in [0.717, 1.165) is 37.3 Å². The first-order chi connectivity index (χ1) is 12.6. The lowest BCUT2D eigenvalue weighted by Gasteiger charge is -2.25. The molecule has 2 heterocycles. The van der Waals surface area contributed by atoms with Crippen molar-refractivity contribution in [1.29, 1.82) is 0 Å². The summed E-state index contributed by atoms with van der Waals surface area (Å²) in [6.45, 7) is 3.99. The second kappa shape index (κ2) is 8.36. The number of methoxy groups -OCH3 is 1. The largest absolute Gasteiger partial charge is 0.497 e. The number of carbonyl (C=O) groups is 1. The van der Waals surface area contributed by atoms with Gasteiger partial charge in [-0.2, -0.15) is 5.10 Å². The molecule has 3 rings (SSSR count). The van der Waals surface area contributed by atoms with Gasteiger partial charge in [0.2, 0.25) is 0 Å². The maximum absolute atomic E-state index is 13.1. The molecule has 1 atom stereocenters. The van der Waals surface area contributed by atoms with Crippen molar-refractivity contribution < 1.29 is 14.3 Å². The molecule has 140 valence electrons. The normalized spacial score (nSPS) is 16.7. The Morgan fingerprint density at radius 3 is 2.73 bits per heavy atom. The highest BCUT2D eigenvalue weighted by atomic mass is 16.5. The molecule has 1 saturated heterocycles. The smallest absolute Gasteiger partial charge is 0.257 e. The van der Waals surface area contributed by atoms with Crippen molar-refractivity contribution in [2.75, 3.05) is 26.8 Å². The molecule has 0 bridgehead atoms. The van der Waals surface area contributed by atoms with Crippen LogP contribution in [0.4, 0.5) is 0 Å². The Kier molecular flexibility index (Phi) is 5.93. The van der Waals surface area contributed by atoms with Crippen LogP contribution in [-0.4, -0.2) is 53.5 Å². The van der Waals surface area contributed by atoms with Crippen molar-refractivity contribution in [1.82, 2.24) is 14.7 Å². The molecule has 0 aliphatic carbocycles. The lowest BCUT2D eigenvalue weighted by Crippen LogP contribution is -2.39. The molecule has 0 N–H and O–H groups in total. The third kappa shape index (κ3) is 4.25. The molecule has 0 spiro atoms. The molecule has 1 aliphatic rings. The van der Waals surface area contributed by atoms with E-state index < -0.39 is 0 Å². The van der Waals surface area contributed by atoms with Gasteiger partial charge in [-0.15, -0.1) is 0 Å². The van der Waals surface area contributed by atoms with Crippen LogP contribution in [0.25, 0.3) is 0 Å². The predicted octanol–water partition coefficient (Wildman–Crippen LogP) is 2.60. The number of benzene rings is 1. The monoisotopic (exact) mass is 357 g/mol. The molecule has 1 amide bonds. The zero-order valence-corrected chi connectivity index (χ0v) is 15.8. The van der Waals surface area contributed by atoms with E-state index in [9.17, 15) is 4.79 Å². The highest BCUT2D eigenvalue weighted by molar-refractivity contribution is 5.95. The van der Waals surface area contributed by atoms with E-state index in [2.05, 4.69) is 5.10 Å². The molecule has 1 aliphatic heterocycles. The fraction of sp³-hybridized carbons (Fsp3) is 0.500. The van der Waals surface area contributed by atoms with E-state index in [-0.39, 0.29) is 12.0 Å². The highest BCUT2D eigenvalue weighted by Crippen LogP contribution is 2.18. The van der Waals surface area contributed by atoms with Gasteiger partial charge >= 0.3 is 0 Å². The maximum atomic E-state index is 13.1. The summed E-state index contributed by atoms with van der Waals surface area (Å²) in [5.41, 5.74) is 2.73. The number of aromatic nitrogens is 2. The van der Waals surface area contributed by atoms with Gasteiger partial charge < -0.3 is 14.4 Å². The van der Waals surface area contributed by atoms with Crippen LogP contribution in [-0.2, 0) is 18.2 Å². The van der Waals surface area contributed by atoms with E-state index in [1.165, 1.54) is 5.56 Å². The Morgan fingerprint density at radius 2 is 2.15 bits per heavy atom. The van der Waals surface area contributed by atoms with Crippen molar-refractivity contribution in [2.24, 2.45) is 7.05 Å². The molecule has 2 aromatic rings. The average Bonchev–Trinajstić information content (AvgIpc) is 3.29. The summed E-state index contributed by atoms with van der Waals surface area (Å²) in [5.74, 6) is 0.867. The Labute approximate surface area is 154 Å².